The predicted octanol–water partition coefficient (Wildman–Crippen LogP) is 2.36. The summed E-state index contributed by atoms with van der Waals surface area (Å²) in [6.45, 7) is 0. The fourth-order valence-electron chi connectivity index (χ4n) is 1.30. The van der Waals surface area contributed by atoms with Gasteiger partial charge >= 0.3 is 0 Å². The summed E-state index contributed by atoms with van der Waals surface area (Å²) in [4.78, 5) is 1.96. The van der Waals surface area contributed by atoms with Crippen LogP contribution in [0.1, 0.15) is 12.8 Å². The van der Waals surface area contributed by atoms with Gasteiger partial charge in [0, 0.05) is 32.1 Å². The highest BCUT2D eigenvalue weighted by atomic mass is 15.0. The third-order valence-electron chi connectivity index (χ3n) is 1.88. The highest BCUT2D eigenvalue weighted by Gasteiger charge is 2.01. The molecule has 0 saturated carbocycles. The summed E-state index contributed by atoms with van der Waals surface area (Å²) in [6.07, 6.45) is 12.0. The zero-order chi connectivity index (χ0) is 9.68. The van der Waals surface area contributed by atoms with Crippen molar-refractivity contribution in [3.8, 4) is 0 Å². The molecule has 1 rings (SSSR count). The minimum atomic E-state index is 0.973. The molecule has 0 radical (unpaired) electrons. The van der Waals surface area contributed by atoms with Gasteiger partial charge in [0.1, 0.15) is 0 Å². The molecule has 0 atom stereocenters. The van der Waals surface area contributed by atoms with Gasteiger partial charge in [-0.3, -0.25) is 0 Å². The lowest BCUT2D eigenvalue weighted by Crippen LogP contribution is -2.04. The second-order valence-electron chi connectivity index (χ2n) is 3.33. The Balaban J connectivity index is 2.83. The van der Waals surface area contributed by atoms with Gasteiger partial charge in [0.25, 0.3) is 0 Å². The van der Waals surface area contributed by atoms with Crippen LogP contribution in [0.3, 0.4) is 0 Å². The van der Waals surface area contributed by atoms with Crippen LogP contribution in [0.2, 0.25) is 0 Å². The van der Waals surface area contributed by atoms with E-state index in [4.69, 9.17) is 5.41 Å². The molecule has 1 N–H and O–H groups in total. The average molecular weight is 176 g/mol. The average Bonchev–Trinajstić information content (AvgIpc) is 2.15. The van der Waals surface area contributed by atoms with Gasteiger partial charge in [-0.25, -0.2) is 0 Å². The summed E-state index contributed by atoms with van der Waals surface area (Å²) < 4.78 is 0. The Kier molecular flexibility index (Phi) is 3.50. The number of nitrogens with one attached hydrogen (secondary N) is 1. The molecule has 0 aromatic carbocycles. The highest BCUT2D eigenvalue weighted by molar-refractivity contribution is 5.83. The van der Waals surface area contributed by atoms with Gasteiger partial charge in [0.2, 0.25) is 0 Å². The molecule has 0 unspecified atom stereocenters. The van der Waals surface area contributed by atoms with E-state index in [0.717, 1.165) is 24.0 Å². The van der Waals surface area contributed by atoms with Gasteiger partial charge < -0.3 is 10.3 Å². The number of hydrogen-bond donors (Lipinski definition) is 1. The maximum Gasteiger partial charge on any atom is 0.0270 e. The standard InChI is InChI=1S/C11H16N2/c1-13(2)9-11(8-12)10-6-4-3-5-7-10/h4,6-9,12H,3,5H2,1-2H3/b11-9-,12-8?. The van der Waals surface area contributed by atoms with Crippen LogP contribution in [-0.4, -0.2) is 25.2 Å². The second-order valence-corrected chi connectivity index (χ2v) is 3.33. The van der Waals surface area contributed by atoms with Gasteiger partial charge in [-0.1, -0.05) is 18.2 Å². The molecule has 0 aromatic rings. The maximum atomic E-state index is 7.29. The normalized spacial score (nSPS) is 16.8. The third kappa shape index (κ3) is 2.90. The van der Waals surface area contributed by atoms with Crippen molar-refractivity contribution in [1.29, 1.82) is 5.41 Å². The van der Waals surface area contributed by atoms with Crippen molar-refractivity contribution in [2.45, 2.75) is 12.8 Å². The topological polar surface area (TPSA) is 27.1 Å². The first-order valence-electron chi connectivity index (χ1n) is 4.50. The van der Waals surface area contributed by atoms with Crippen molar-refractivity contribution in [3.05, 3.63) is 35.6 Å². The second kappa shape index (κ2) is 4.65. The summed E-state index contributed by atoms with van der Waals surface area (Å²) in [5, 5.41) is 7.29. The summed E-state index contributed by atoms with van der Waals surface area (Å²) in [7, 11) is 3.94. The molecular weight excluding hydrogens is 160 g/mol. The molecule has 1 aliphatic rings. The first-order chi connectivity index (χ1) is 6.24. The molecule has 0 spiro atoms. The van der Waals surface area contributed by atoms with Crippen molar-refractivity contribution in [3.63, 3.8) is 0 Å². The summed E-state index contributed by atoms with van der Waals surface area (Å²) in [6, 6.07) is 0. The van der Waals surface area contributed by atoms with Crippen LogP contribution < -0.4 is 0 Å². The van der Waals surface area contributed by atoms with Gasteiger partial charge in [0.15, 0.2) is 0 Å². The van der Waals surface area contributed by atoms with Gasteiger partial charge in [-0.2, -0.15) is 0 Å². The molecule has 0 aliphatic heterocycles. The number of allylic oxidation sites excluding steroid dienone is 5. The fraction of sp³-hybridized carbons (Fsp3) is 0.364. The molecule has 0 aromatic heterocycles. The Bertz CT molecular complexity index is 270. The molecule has 1 aliphatic carbocycles. The molecule has 13 heavy (non-hydrogen) atoms. The first kappa shape index (κ1) is 9.78. The SMILES string of the molecule is CN(C)/C=C(/C=N)C1=CCCC=C1. The Morgan fingerprint density at radius 2 is 2.23 bits per heavy atom. The van der Waals surface area contributed by atoms with E-state index in [1.54, 1.807) is 0 Å². The van der Waals surface area contributed by atoms with E-state index in [9.17, 15) is 0 Å². The Hall–Kier alpha value is -1.31. The zero-order valence-electron chi connectivity index (χ0n) is 8.25. The van der Waals surface area contributed by atoms with E-state index < -0.39 is 0 Å². The number of nitrogens with zero attached hydrogens (tertiary/aromatic N) is 1. The largest absolute Gasteiger partial charge is 0.383 e. The van der Waals surface area contributed by atoms with E-state index in [0.29, 0.717) is 0 Å². The van der Waals surface area contributed by atoms with Gasteiger partial charge in [0.05, 0.1) is 0 Å². The fourth-order valence-corrected chi connectivity index (χ4v) is 1.30. The van der Waals surface area contributed by atoms with Crippen LogP contribution in [0.5, 0.6) is 0 Å². The van der Waals surface area contributed by atoms with Gasteiger partial charge in [-0.05, 0) is 18.4 Å². The van der Waals surface area contributed by atoms with E-state index in [1.165, 1.54) is 6.21 Å². The van der Waals surface area contributed by atoms with Crippen LogP contribution in [-0.2, 0) is 0 Å². The van der Waals surface area contributed by atoms with E-state index >= 15 is 0 Å². The molecule has 0 bridgehead atoms. The zero-order valence-corrected chi connectivity index (χ0v) is 8.25. The van der Waals surface area contributed by atoms with Crippen LogP contribution in [0.25, 0.3) is 0 Å². The first-order valence-corrected chi connectivity index (χ1v) is 4.50. The molecule has 0 heterocycles. The van der Waals surface area contributed by atoms with E-state index in [-0.39, 0.29) is 0 Å². The van der Waals surface area contributed by atoms with Crippen LogP contribution in [0.15, 0.2) is 35.6 Å². The quantitative estimate of drug-likeness (QED) is 0.657. The van der Waals surface area contributed by atoms with Crippen molar-refractivity contribution in [1.82, 2.24) is 4.90 Å². The third-order valence-corrected chi connectivity index (χ3v) is 1.88. The summed E-state index contributed by atoms with van der Waals surface area (Å²) >= 11 is 0. The number of hydrogen-bond acceptors (Lipinski definition) is 2. The molecular formula is C11H16N2. The van der Waals surface area contributed by atoms with Crippen LogP contribution in [0.4, 0.5) is 0 Å². The lowest BCUT2D eigenvalue weighted by molar-refractivity contribution is 0.561. The molecule has 0 fully saturated rings. The van der Waals surface area contributed by atoms with Crippen molar-refractivity contribution >= 4 is 6.21 Å². The monoisotopic (exact) mass is 176 g/mol. The lowest BCUT2D eigenvalue weighted by Gasteiger charge is -2.11. The predicted molar refractivity (Wildman–Crippen MR) is 57.0 cm³/mol. The Morgan fingerprint density at radius 3 is 2.69 bits per heavy atom. The van der Waals surface area contributed by atoms with Crippen molar-refractivity contribution in [2.24, 2.45) is 0 Å². The Labute approximate surface area is 79.8 Å². The molecule has 70 valence electrons. The molecule has 2 heteroatoms. The summed E-state index contributed by atoms with van der Waals surface area (Å²) in [5.74, 6) is 0. The number of rotatable bonds is 3. The van der Waals surface area contributed by atoms with E-state index in [2.05, 4.69) is 18.2 Å². The van der Waals surface area contributed by atoms with E-state index in [1.807, 2.05) is 25.2 Å². The van der Waals surface area contributed by atoms with Crippen LogP contribution >= 0.6 is 0 Å². The highest BCUT2D eigenvalue weighted by Crippen LogP contribution is 2.16. The smallest absolute Gasteiger partial charge is 0.0270 e. The van der Waals surface area contributed by atoms with Gasteiger partial charge in [-0.15, -0.1) is 0 Å². The maximum absolute atomic E-state index is 7.29. The Morgan fingerprint density at radius 1 is 1.46 bits per heavy atom. The molecule has 0 saturated heterocycles. The lowest BCUT2D eigenvalue weighted by atomic mass is 10.0. The minimum absolute atomic E-state index is 0.973. The molecule has 2 nitrogen and oxygen atoms in total. The molecule has 0 amide bonds. The minimum Gasteiger partial charge on any atom is -0.383 e. The van der Waals surface area contributed by atoms with Crippen LogP contribution in [0, 0.1) is 5.41 Å². The summed E-state index contributed by atoms with van der Waals surface area (Å²) in [5.41, 5.74) is 2.14. The van der Waals surface area contributed by atoms with Crippen molar-refractivity contribution in [2.75, 3.05) is 14.1 Å². The van der Waals surface area contributed by atoms with Crippen molar-refractivity contribution < 1.29 is 0 Å².